The van der Waals surface area contributed by atoms with Crippen LogP contribution in [0.4, 0.5) is 13.2 Å². The molecule has 0 aliphatic heterocycles. The van der Waals surface area contributed by atoms with Gasteiger partial charge in [-0.05, 0) is 59.2 Å². The fourth-order valence-corrected chi connectivity index (χ4v) is 3.26. The lowest BCUT2D eigenvalue weighted by molar-refractivity contribution is -0.138. The molecule has 0 aromatic heterocycles. The summed E-state index contributed by atoms with van der Waals surface area (Å²) in [5, 5.41) is 5.86. The SMILES string of the molecule is CN=C(NCCS(=O)C(C)(C)C)NCc1ccc(OC(C)(C)C)cc1C(F)(F)F.I. The molecule has 0 aliphatic carbocycles. The highest BCUT2D eigenvalue weighted by atomic mass is 127. The molecule has 0 fully saturated rings. The number of guanidine groups is 1. The summed E-state index contributed by atoms with van der Waals surface area (Å²) in [6.07, 6.45) is -4.51. The third-order valence-electron chi connectivity index (χ3n) is 3.74. The summed E-state index contributed by atoms with van der Waals surface area (Å²) in [4.78, 5) is 4.01. The van der Waals surface area contributed by atoms with Crippen LogP contribution in [0.5, 0.6) is 5.75 Å². The zero-order chi connectivity index (χ0) is 22.5. The number of halogens is 4. The predicted octanol–water partition coefficient (Wildman–Crippen LogP) is 4.71. The maximum absolute atomic E-state index is 13.5. The van der Waals surface area contributed by atoms with E-state index >= 15 is 0 Å². The summed E-state index contributed by atoms with van der Waals surface area (Å²) in [6, 6.07) is 3.95. The Morgan fingerprint density at radius 1 is 1.10 bits per heavy atom. The maximum atomic E-state index is 13.5. The van der Waals surface area contributed by atoms with E-state index in [1.165, 1.54) is 19.2 Å². The molecule has 1 aromatic rings. The summed E-state index contributed by atoms with van der Waals surface area (Å²) < 4.78 is 57.8. The summed E-state index contributed by atoms with van der Waals surface area (Å²) >= 11 is 0. The average molecular weight is 563 g/mol. The van der Waals surface area contributed by atoms with Crippen molar-refractivity contribution in [3.8, 4) is 5.75 Å². The van der Waals surface area contributed by atoms with E-state index in [0.717, 1.165) is 6.07 Å². The van der Waals surface area contributed by atoms with E-state index in [1.54, 1.807) is 20.8 Å². The maximum Gasteiger partial charge on any atom is 0.416 e. The van der Waals surface area contributed by atoms with E-state index in [9.17, 15) is 17.4 Å². The van der Waals surface area contributed by atoms with Gasteiger partial charge in [0.1, 0.15) is 11.4 Å². The standard InChI is InChI=1S/C20H32F3N3O2S.HI/c1-18(2,3)28-15-9-8-14(16(12-15)20(21,22)23)13-26-17(24-7)25-10-11-29(27)19(4,5)6;/h8-9,12H,10-11,13H2,1-7H3,(H2,24,25,26);1H. The van der Waals surface area contributed by atoms with Gasteiger partial charge in [0.15, 0.2) is 5.96 Å². The summed E-state index contributed by atoms with van der Waals surface area (Å²) in [6.45, 7) is 11.3. The molecule has 0 aliphatic rings. The van der Waals surface area contributed by atoms with Crippen LogP contribution in [0.2, 0.25) is 0 Å². The number of nitrogens with one attached hydrogen (secondary N) is 2. The normalized spacial score (nSPS) is 14.0. The van der Waals surface area contributed by atoms with Gasteiger partial charge in [-0.2, -0.15) is 13.2 Å². The van der Waals surface area contributed by atoms with Crippen LogP contribution in [0.1, 0.15) is 52.7 Å². The van der Waals surface area contributed by atoms with Crippen molar-refractivity contribution in [1.29, 1.82) is 0 Å². The van der Waals surface area contributed by atoms with Gasteiger partial charge in [0.25, 0.3) is 0 Å². The molecule has 1 unspecified atom stereocenters. The second-order valence-electron chi connectivity index (χ2n) is 8.55. The van der Waals surface area contributed by atoms with Gasteiger partial charge in [-0.15, -0.1) is 24.0 Å². The highest BCUT2D eigenvalue weighted by Gasteiger charge is 2.34. The Hall–Kier alpha value is -1.04. The first-order chi connectivity index (χ1) is 13.1. The van der Waals surface area contributed by atoms with E-state index in [-0.39, 0.29) is 46.6 Å². The van der Waals surface area contributed by atoms with Crippen LogP contribution < -0.4 is 15.4 Å². The largest absolute Gasteiger partial charge is 0.488 e. The van der Waals surface area contributed by atoms with Crippen molar-refractivity contribution in [2.75, 3.05) is 19.3 Å². The zero-order valence-corrected chi connectivity index (χ0v) is 21.7. The first-order valence-corrected chi connectivity index (χ1v) is 10.7. The van der Waals surface area contributed by atoms with Gasteiger partial charge in [0.2, 0.25) is 0 Å². The lowest BCUT2D eigenvalue weighted by Crippen LogP contribution is -2.40. The van der Waals surface area contributed by atoms with Crippen molar-refractivity contribution in [1.82, 2.24) is 10.6 Å². The van der Waals surface area contributed by atoms with Crippen molar-refractivity contribution in [3.05, 3.63) is 29.3 Å². The molecule has 1 atom stereocenters. The van der Waals surface area contributed by atoms with E-state index in [4.69, 9.17) is 4.74 Å². The van der Waals surface area contributed by atoms with Crippen molar-refractivity contribution in [2.45, 2.75) is 64.6 Å². The molecule has 2 N–H and O–H groups in total. The summed E-state index contributed by atoms with van der Waals surface area (Å²) in [5.74, 6) is 0.927. The number of nitrogens with zero attached hydrogens (tertiary/aromatic N) is 1. The minimum atomic E-state index is -4.51. The Bertz CT molecular complexity index is 742. The van der Waals surface area contributed by atoms with Gasteiger partial charge in [-0.25, -0.2) is 0 Å². The lowest BCUT2D eigenvalue weighted by Gasteiger charge is -2.23. The van der Waals surface area contributed by atoms with Crippen LogP contribution in [-0.4, -0.2) is 39.9 Å². The molecule has 0 spiro atoms. The molecule has 1 aromatic carbocycles. The Morgan fingerprint density at radius 2 is 1.70 bits per heavy atom. The number of alkyl halides is 3. The molecule has 0 radical (unpaired) electrons. The van der Waals surface area contributed by atoms with Crippen molar-refractivity contribution >= 4 is 40.7 Å². The van der Waals surface area contributed by atoms with E-state index in [2.05, 4.69) is 15.6 Å². The molecule has 0 bridgehead atoms. The van der Waals surface area contributed by atoms with Gasteiger partial charge in [-0.1, -0.05) is 6.07 Å². The molecule has 1 rings (SSSR count). The van der Waals surface area contributed by atoms with Gasteiger partial charge in [0.05, 0.1) is 5.56 Å². The smallest absolute Gasteiger partial charge is 0.416 e. The summed E-state index contributed by atoms with van der Waals surface area (Å²) in [5.41, 5.74) is -1.27. The quantitative estimate of drug-likeness (QED) is 0.299. The number of rotatable bonds is 6. The van der Waals surface area contributed by atoms with Crippen molar-refractivity contribution < 1.29 is 22.1 Å². The first kappa shape index (κ1) is 29.0. The van der Waals surface area contributed by atoms with Crippen LogP contribution in [0.15, 0.2) is 23.2 Å². The molecular weight excluding hydrogens is 530 g/mol. The second kappa shape index (κ2) is 11.5. The third-order valence-corrected chi connectivity index (χ3v) is 5.68. The first-order valence-electron chi connectivity index (χ1n) is 9.35. The van der Waals surface area contributed by atoms with E-state index in [0.29, 0.717) is 18.3 Å². The summed E-state index contributed by atoms with van der Waals surface area (Å²) in [7, 11) is 0.499. The number of hydrogen-bond donors (Lipinski definition) is 2. The lowest BCUT2D eigenvalue weighted by atomic mass is 10.1. The van der Waals surface area contributed by atoms with Crippen LogP contribution in [0.25, 0.3) is 0 Å². The second-order valence-corrected chi connectivity index (χ2v) is 10.9. The molecule has 174 valence electrons. The van der Waals surface area contributed by atoms with Crippen molar-refractivity contribution in [2.24, 2.45) is 4.99 Å². The zero-order valence-electron chi connectivity index (χ0n) is 18.6. The van der Waals surface area contributed by atoms with Crippen LogP contribution in [0.3, 0.4) is 0 Å². The highest BCUT2D eigenvalue weighted by molar-refractivity contribution is 14.0. The molecule has 0 saturated carbocycles. The minimum Gasteiger partial charge on any atom is -0.488 e. The fraction of sp³-hybridized carbons (Fsp3) is 0.650. The van der Waals surface area contributed by atoms with Gasteiger partial charge in [-0.3, -0.25) is 9.20 Å². The predicted molar refractivity (Wildman–Crippen MR) is 128 cm³/mol. The van der Waals surface area contributed by atoms with Crippen LogP contribution in [0, 0.1) is 0 Å². The molecule has 10 heteroatoms. The van der Waals surface area contributed by atoms with Gasteiger partial charge < -0.3 is 15.4 Å². The molecule has 0 amide bonds. The topological polar surface area (TPSA) is 62.7 Å². The average Bonchev–Trinajstić information content (AvgIpc) is 2.55. The third kappa shape index (κ3) is 10.3. The molecular formula is C20H33F3IN3O2S. The Labute approximate surface area is 197 Å². The molecule has 5 nitrogen and oxygen atoms in total. The van der Waals surface area contributed by atoms with Gasteiger partial charge >= 0.3 is 6.18 Å². The van der Waals surface area contributed by atoms with E-state index < -0.39 is 28.1 Å². The Balaban J connectivity index is 0.00000841. The highest BCUT2D eigenvalue weighted by Crippen LogP contribution is 2.35. The number of ether oxygens (including phenoxy) is 1. The number of benzene rings is 1. The Kier molecular flexibility index (Phi) is 11.1. The Morgan fingerprint density at radius 3 is 2.17 bits per heavy atom. The fourth-order valence-electron chi connectivity index (χ4n) is 2.36. The molecule has 0 heterocycles. The van der Waals surface area contributed by atoms with E-state index in [1.807, 2.05) is 20.8 Å². The molecule has 0 saturated heterocycles. The van der Waals surface area contributed by atoms with Gasteiger partial charge in [0, 0.05) is 41.4 Å². The number of hydrogen-bond acceptors (Lipinski definition) is 3. The number of aliphatic imine (C=N–C) groups is 1. The van der Waals surface area contributed by atoms with Crippen molar-refractivity contribution in [3.63, 3.8) is 0 Å². The minimum absolute atomic E-state index is 0. The van der Waals surface area contributed by atoms with Crippen LogP contribution in [-0.2, 0) is 23.5 Å². The molecule has 30 heavy (non-hydrogen) atoms. The monoisotopic (exact) mass is 563 g/mol. The van der Waals surface area contributed by atoms with Crippen LogP contribution >= 0.6 is 24.0 Å².